The lowest BCUT2D eigenvalue weighted by atomic mass is 9.68. The van der Waals surface area contributed by atoms with Crippen molar-refractivity contribution in [2.24, 2.45) is 0 Å². The molecule has 11 aromatic rings. The summed E-state index contributed by atoms with van der Waals surface area (Å²) < 4.78 is 14.0. The average Bonchev–Trinajstić information content (AvgIpc) is 4.13. The van der Waals surface area contributed by atoms with E-state index in [1.54, 1.807) is 0 Å². The zero-order chi connectivity index (χ0) is 46.4. The summed E-state index contributed by atoms with van der Waals surface area (Å²) in [7, 11) is 0. The molecule has 4 aliphatic carbocycles. The fraction of sp³-hybridized carbons (Fsp3) is 0.0294. The first-order chi connectivity index (χ1) is 35.2. The van der Waals surface area contributed by atoms with Crippen LogP contribution < -0.4 is 14.4 Å². The Bertz CT molecular complexity index is 3960. The molecule has 16 rings (SSSR count). The van der Waals surface area contributed by atoms with E-state index in [4.69, 9.17) is 9.47 Å². The van der Waals surface area contributed by atoms with E-state index in [1.165, 1.54) is 94.6 Å². The molecule has 1 heterocycles. The maximum absolute atomic E-state index is 7.21. The van der Waals surface area contributed by atoms with Gasteiger partial charge in [-0.05, 0) is 137 Å². The summed E-state index contributed by atoms with van der Waals surface area (Å²) in [5.41, 5.74) is 25.0. The molecule has 2 spiro atoms. The maximum atomic E-state index is 7.21. The van der Waals surface area contributed by atoms with Gasteiger partial charge in [0.1, 0.15) is 0 Å². The van der Waals surface area contributed by atoms with Gasteiger partial charge in [0.2, 0.25) is 0 Å². The van der Waals surface area contributed by atoms with Gasteiger partial charge in [-0.1, -0.05) is 200 Å². The van der Waals surface area contributed by atoms with Crippen LogP contribution in [0.1, 0.15) is 44.5 Å². The lowest BCUT2D eigenvalue weighted by molar-refractivity contribution is 0.360. The van der Waals surface area contributed by atoms with Crippen molar-refractivity contribution in [1.82, 2.24) is 0 Å². The fourth-order valence-electron chi connectivity index (χ4n) is 13.6. The second kappa shape index (κ2) is 14.2. The van der Waals surface area contributed by atoms with Crippen molar-refractivity contribution in [3.63, 3.8) is 0 Å². The van der Waals surface area contributed by atoms with Gasteiger partial charge in [0, 0.05) is 23.0 Å². The van der Waals surface area contributed by atoms with Crippen LogP contribution in [0.2, 0.25) is 0 Å². The highest BCUT2D eigenvalue weighted by molar-refractivity contribution is 6.00. The molecule has 11 aromatic carbocycles. The van der Waals surface area contributed by atoms with Crippen molar-refractivity contribution in [2.75, 3.05) is 4.90 Å². The van der Waals surface area contributed by atoms with Gasteiger partial charge in [-0.3, -0.25) is 0 Å². The molecule has 0 fully saturated rings. The summed E-state index contributed by atoms with van der Waals surface area (Å²) >= 11 is 0. The number of fused-ring (bicyclic) bond motifs is 23. The Balaban J connectivity index is 0.819. The van der Waals surface area contributed by atoms with Crippen LogP contribution in [-0.4, -0.2) is 0 Å². The molecule has 0 radical (unpaired) electrons. The molecule has 3 nitrogen and oxygen atoms in total. The number of hydrogen-bond acceptors (Lipinski definition) is 3. The van der Waals surface area contributed by atoms with E-state index in [0.29, 0.717) is 17.2 Å². The van der Waals surface area contributed by atoms with Gasteiger partial charge < -0.3 is 14.4 Å². The van der Waals surface area contributed by atoms with E-state index in [0.717, 1.165) is 28.4 Å². The monoisotopic (exact) mass is 903 g/mol. The third-order valence-electron chi connectivity index (χ3n) is 16.2. The van der Waals surface area contributed by atoms with Gasteiger partial charge in [0.15, 0.2) is 23.0 Å². The minimum absolute atomic E-state index is 0.441. The van der Waals surface area contributed by atoms with Gasteiger partial charge in [0.05, 0.1) is 16.5 Å². The molecule has 0 unspecified atom stereocenters. The van der Waals surface area contributed by atoms with Gasteiger partial charge in [0.25, 0.3) is 0 Å². The predicted octanol–water partition coefficient (Wildman–Crippen LogP) is 17.4. The van der Waals surface area contributed by atoms with E-state index in [9.17, 15) is 0 Å². The number of nitrogens with zero attached hydrogens (tertiary/aromatic N) is 1. The standard InChI is InChI=1S/C68H41NO2/c1-2-17-43(18-3-1)69(44-35-33-42(34-36-44)46-25-16-26-52-51-23-8-14-31-58(51)68(65(46)52)56-29-12-6-21-49(56)50-22-7-13-30-57(50)68)45-37-39-61-63(41-45)71-66-62(70-61)40-38-60-64(66)53-24-9-15-32-59(53)67(60)54-27-10-4-19-47(54)48-20-5-11-28-55(48)67/h1-41H. The molecule has 0 aromatic heterocycles. The molecule has 330 valence electrons. The quantitative estimate of drug-likeness (QED) is 0.176. The van der Waals surface area contributed by atoms with Crippen LogP contribution in [0.5, 0.6) is 23.0 Å². The topological polar surface area (TPSA) is 21.7 Å². The molecule has 1 aliphatic heterocycles. The van der Waals surface area contributed by atoms with Gasteiger partial charge in [-0.2, -0.15) is 0 Å². The zero-order valence-corrected chi connectivity index (χ0v) is 38.4. The summed E-state index contributed by atoms with van der Waals surface area (Å²) in [6, 6.07) is 91.0. The number of anilines is 3. The number of benzene rings is 11. The Morgan fingerprint density at radius 1 is 0.268 bits per heavy atom. The van der Waals surface area contributed by atoms with Crippen molar-refractivity contribution in [2.45, 2.75) is 10.8 Å². The van der Waals surface area contributed by atoms with Gasteiger partial charge in [-0.15, -0.1) is 0 Å². The molecule has 0 saturated carbocycles. The minimum Gasteiger partial charge on any atom is -0.449 e. The van der Waals surface area contributed by atoms with Crippen molar-refractivity contribution >= 4 is 17.1 Å². The molecular weight excluding hydrogens is 863 g/mol. The zero-order valence-electron chi connectivity index (χ0n) is 38.4. The summed E-state index contributed by atoms with van der Waals surface area (Å²) in [5.74, 6) is 2.82. The third-order valence-corrected chi connectivity index (χ3v) is 16.2. The first kappa shape index (κ1) is 38.8. The molecule has 0 N–H and O–H groups in total. The predicted molar refractivity (Wildman–Crippen MR) is 286 cm³/mol. The van der Waals surface area contributed by atoms with Crippen molar-refractivity contribution in [1.29, 1.82) is 0 Å². The lowest BCUT2D eigenvalue weighted by Crippen LogP contribution is -2.26. The Morgan fingerprint density at radius 2 is 0.704 bits per heavy atom. The summed E-state index contributed by atoms with van der Waals surface area (Å²) in [5, 5.41) is 0. The highest BCUT2D eigenvalue weighted by atomic mass is 16.6. The van der Waals surface area contributed by atoms with Crippen molar-refractivity contribution in [3.8, 4) is 78.6 Å². The Morgan fingerprint density at radius 3 is 1.30 bits per heavy atom. The molecule has 3 heteroatoms. The summed E-state index contributed by atoms with van der Waals surface area (Å²) in [6.07, 6.45) is 0. The first-order valence-electron chi connectivity index (χ1n) is 24.6. The van der Waals surface area contributed by atoms with E-state index in [-0.39, 0.29) is 0 Å². The van der Waals surface area contributed by atoms with Crippen LogP contribution in [0.15, 0.2) is 249 Å². The number of hydrogen-bond donors (Lipinski definition) is 0. The lowest BCUT2D eigenvalue weighted by Gasteiger charge is -2.32. The minimum atomic E-state index is -0.480. The maximum Gasteiger partial charge on any atom is 0.178 e. The number of ether oxygens (including phenoxy) is 2. The van der Waals surface area contributed by atoms with Crippen LogP contribution in [0.3, 0.4) is 0 Å². The second-order valence-electron chi connectivity index (χ2n) is 19.4. The third kappa shape index (κ3) is 4.92. The highest BCUT2D eigenvalue weighted by Gasteiger charge is 2.54. The average molecular weight is 904 g/mol. The SMILES string of the molecule is c1ccc(N(c2ccc(-c3cccc4c3C3(c5ccccc5-c5ccccc53)c3ccccc3-4)cc2)c2ccc3c(c2)Oc2c(ccc4c2-c2ccccc2C42c4ccccc4-c4ccccc42)O3)cc1. The largest absolute Gasteiger partial charge is 0.449 e. The first-order valence-corrected chi connectivity index (χ1v) is 24.6. The molecule has 0 amide bonds. The van der Waals surface area contributed by atoms with E-state index in [2.05, 4.69) is 248 Å². The van der Waals surface area contributed by atoms with E-state index < -0.39 is 10.8 Å². The summed E-state index contributed by atoms with van der Waals surface area (Å²) in [6.45, 7) is 0. The highest BCUT2D eigenvalue weighted by Crippen LogP contribution is 2.67. The van der Waals surface area contributed by atoms with Crippen molar-refractivity contribution < 1.29 is 9.47 Å². The van der Waals surface area contributed by atoms with Crippen LogP contribution in [-0.2, 0) is 10.8 Å². The van der Waals surface area contributed by atoms with Crippen LogP contribution in [0.4, 0.5) is 17.1 Å². The molecular formula is C68H41NO2. The molecule has 0 atom stereocenters. The van der Waals surface area contributed by atoms with E-state index >= 15 is 0 Å². The molecule has 0 bridgehead atoms. The van der Waals surface area contributed by atoms with Crippen LogP contribution >= 0.6 is 0 Å². The normalized spacial score (nSPS) is 14.4. The second-order valence-corrected chi connectivity index (χ2v) is 19.4. The number of para-hydroxylation sites is 1. The van der Waals surface area contributed by atoms with Gasteiger partial charge >= 0.3 is 0 Å². The number of rotatable bonds is 4. The Kier molecular flexibility index (Phi) is 7.75. The van der Waals surface area contributed by atoms with Gasteiger partial charge in [-0.25, -0.2) is 0 Å². The van der Waals surface area contributed by atoms with E-state index in [1.807, 2.05) is 6.07 Å². The molecule has 5 aliphatic rings. The molecule has 71 heavy (non-hydrogen) atoms. The Labute approximate surface area is 412 Å². The van der Waals surface area contributed by atoms with Crippen LogP contribution in [0.25, 0.3) is 55.6 Å². The smallest absolute Gasteiger partial charge is 0.178 e. The van der Waals surface area contributed by atoms with Crippen LogP contribution in [0, 0.1) is 0 Å². The Hall–Kier alpha value is -9.18. The fourth-order valence-corrected chi connectivity index (χ4v) is 13.6. The molecule has 0 saturated heterocycles. The van der Waals surface area contributed by atoms with Crippen molar-refractivity contribution in [3.05, 3.63) is 293 Å². The summed E-state index contributed by atoms with van der Waals surface area (Å²) in [4.78, 5) is 2.31.